The highest BCUT2D eigenvalue weighted by Crippen LogP contribution is 2.58. The average molecular weight is 978 g/mol. The molecule has 5 N–H and O–H groups in total. The van der Waals surface area contributed by atoms with Crippen molar-refractivity contribution in [2.24, 2.45) is 53.3 Å². The van der Waals surface area contributed by atoms with Crippen molar-refractivity contribution in [3.05, 3.63) is 71.8 Å². The highest BCUT2D eigenvalue weighted by Gasteiger charge is 2.58. The van der Waals surface area contributed by atoms with Gasteiger partial charge in [0.2, 0.25) is 0 Å². The quantitative estimate of drug-likeness (QED) is 0.154. The van der Waals surface area contributed by atoms with Gasteiger partial charge in [-0.2, -0.15) is 0 Å². The van der Waals surface area contributed by atoms with Crippen LogP contribution in [0.15, 0.2) is 60.7 Å². The standard InChI is InChI=1S/2C22H32N2O2.C15H23NO3/c2*1-21(2,3)26-20(25)24-22-11-16-9-17(12-22)19(18(10-16)13-22)23-14-15-7-5-4-6-8-15;1-14(2,3)19-13(18)16-15-6-9-4-10(7-15)12(17)11(5-9)8-15/h2*4-8,16-19,23H,9-14H2,1-3H3,(H,24,25);9-11H,4-8H2,1-3H3,(H,16,18). The highest BCUT2D eigenvalue weighted by atomic mass is 16.6. The Morgan fingerprint density at radius 3 is 1.06 bits per heavy atom. The van der Waals surface area contributed by atoms with Crippen LogP contribution in [0.5, 0.6) is 0 Å². The number of Topliss-reactive ketones (excluding diaryl/α,β-unsaturated/α-hetero) is 1. The molecule has 390 valence electrons. The van der Waals surface area contributed by atoms with E-state index in [4.69, 9.17) is 14.2 Å². The Kier molecular flexibility index (Phi) is 14.5. The Balaban J connectivity index is 0.000000134. The van der Waals surface area contributed by atoms with Crippen molar-refractivity contribution in [1.29, 1.82) is 0 Å². The van der Waals surface area contributed by atoms with Crippen molar-refractivity contribution in [3.63, 3.8) is 0 Å². The third-order valence-corrected chi connectivity index (χ3v) is 17.6. The zero-order valence-electron chi connectivity index (χ0n) is 44.5. The van der Waals surface area contributed by atoms with Crippen molar-refractivity contribution in [2.45, 2.75) is 217 Å². The molecule has 12 saturated carbocycles. The lowest BCUT2D eigenvalue weighted by atomic mass is 9.51. The maximum Gasteiger partial charge on any atom is 0.408 e. The molecule has 0 aromatic heterocycles. The summed E-state index contributed by atoms with van der Waals surface area (Å²) in [6.07, 6.45) is 15.7. The van der Waals surface area contributed by atoms with Crippen molar-refractivity contribution < 1.29 is 33.4 Å². The number of rotatable bonds is 9. The summed E-state index contributed by atoms with van der Waals surface area (Å²) in [5.74, 6) is 5.61. The summed E-state index contributed by atoms with van der Waals surface area (Å²) in [6, 6.07) is 22.5. The second-order valence-electron chi connectivity index (χ2n) is 27.2. The van der Waals surface area contributed by atoms with Crippen LogP contribution >= 0.6 is 0 Å². The molecule has 14 rings (SSSR count). The van der Waals surface area contributed by atoms with E-state index in [9.17, 15) is 19.2 Å². The molecule has 12 aliphatic rings. The molecule has 0 aliphatic heterocycles. The van der Waals surface area contributed by atoms with Crippen molar-refractivity contribution in [1.82, 2.24) is 26.6 Å². The first-order chi connectivity index (χ1) is 33.4. The first kappa shape index (κ1) is 51.7. The fourth-order valence-electron chi connectivity index (χ4n) is 16.1. The number of alkyl carbamates (subject to hydrolysis) is 3. The summed E-state index contributed by atoms with van der Waals surface area (Å²) in [5, 5.41) is 17.4. The molecule has 0 spiro atoms. The van der Waals surface area contributed by atoms with Gasteiger partial charge in [-0.1, -0.05) is 60.7 Å². The Hall–Kier alpha value is -4.16. The molecule has 2 aromatic rings. The van der Waals surface area contributed by atoms with Crippen LogP contribution in [0.1, 0.15) is 170 Å². The summed E-state index contributed by atoms with van der Waals surface area (Å²) in [4.78, 5) is 48.9. The van der Waals surface area contributed by atoms with Crippen molar-refractivity contribution in [3.8, 4) is 0 Å². The fraction of sp³-hybridized carbons (Fsp3) is 0.729. The molecule has 6 unspecified atom stereocenters. The molecule has 6 atom stereocenters. The summed E-state index contributed by atoms with van der Waals surface area (Å²) in [6.45, 7) is 19.1. The minimum atomic E-state index is -0.470. The van der Waals surface area contributed by atoms with Crippen molar-refractivity contribution >= 4 is 24.1 Å². The molecule has 12 heteroatoms. The summed E-state index contributed by atoms with van der Waals surface area (Å²) in [7, 11) is 0. The highest BCUT2D eigenvalue weighted by molar-refractivity contribution is 5.86. The lowest BCUT2D eigenvalue weighted by Crippen LogP contribution is -2.66. The normalized spacial score (nSPS) is 36.7. The Morgan fingerprint density at radius 1 is 0.451 bits per heavy atom. The third kappa shape index (κ3) is 12.8. The number of ketones is 1. The lowest BCUT2D eigenvalue weighted by molar-refractivity contribution is -0.142. The van der Waals surface area contributed by atoms with Crippen LogP contribution in [-0.2, 0) is 32.1 Å². The van der Waals surface area contributed by atoms with Gasteiger partial charge in [-0.15, -0.1) is 0 Å². The fourth-order valence-corrected chi connectivity index (χ4v) is 16.1. The smallest absolute Gasteiger partial charge is 0.408 e. The van der Waals surface area contributed by atoms with Gasteiger partial charge in [0.1, 0.15) is 22.6 Å². The number of nitrogens with one attached hydrogen (secondary N) is 5. The molecule has 12 bridgehead atoms. The first-order valence-electron chi connectivity index (χ1n) is 27.5. The molecule has 0 heterocycles. The summed E-state index contributed by atoms with van der Waals surface area (Å²) >= 11 is 0. The van der Waals surface area contributed by atoms with Gasteiger partial charge in [0.25, 0.3) is 0 Å². The number of carbonyl (C=O) groups excluding carboxylic acids is 4. The van der Waals surface area contributed by atoms with Crippen LogP contribution in [0.3, 0.4) is 0 Å². The van der Waals surface area contributed by atoms with Crippen LogP contribution < -0.4 is 26.6 Å². The van der Waals surface area contributed by atoms with E-state index in [2.05, 4.69) is 87.2 Å². The molecular weight excluding hydrogens is 891 g/mol. The van der Waals surface area contributed by atoms with Crippen LogP contribution in [0, 0.1) is 53.3 Å². The topological polar surface area (TPSA) is 156 Å². The number of ether oxygens (including phenoxy) is 3. The zero-order chi connectivity index (χ0) is 50.6. The van der Waals surface area contributed by atoms with E-state index in [1.165, 1.54) is 36.8 Å². The van der Waals surface area contributed by atoms with Gasteiger partial charge in [-0.3, -0.25) is 4.79 Å². The summed E-state index contributed by atoms with van der Waals surface area (Å²) < 4.78 is 16.5. The number of hydrogen-bond donors (Lipinski definition) is 5. The Bertz CT molecular complexity index is 2050. The maximum absolute atomic E-state index is 12.4. The predicted molar refractivity (Wildman–Crippen MR) is 276 cm³/mol. The summed E-state index contributed by atoms with van der Waals surface area (Å²) in [5.41, 5.74) is 1.10. The van der Waals surface area contributed by atoms with Gasteiger partial charge >= 0.3 is 18.3 Å². The molecule has 12 aliphatic carbocycles. The van der Waals surface area contributed by atoms with Crippen LogP contribution in [0.25, 0.3) is 0 Å². The van der Waals surface area contributed by atoms with E-state index >= 15 is 0 Å². The monoisotopic (exact) mass is 978 g/mol. The molecule has 12 nitrogen and oxygen atoms in total. The van der Waals surface area contributed by atoms with Crippen molar-refractivity contribution in [2.75, 3.05) is 0 Å². The van der Waals surface area contributed by atoms with Gasteiger partial charge < -0.3 is 40.8 Å². The Morgan fingerprint density at radius 2 is 0.746 bits per heavy atom. The van der Waals surface area contributed by atoms with E-state index in [-0.39, 0.29) is 46.7 Å². The number of amides is 3. The molecule has 0 radical (unpaired) electrons. The predicted octanol–water partition coefficient (Wildman–Crippen LogP) is 11.2. The molecule has 12 fully saturated rings. The van der Waals surface area contributed by atoms with Crippen LogP contribution in [0.4, 0.5) is 14.4 Å². The molecule has 2 aromatic carbocycles. The van der Waals surface area contributed by atoms with Gasteiger partial charge in [0, 0.05) is 53.6 Å². The van der Waals surface area contributed by atoms with E-state index < -0.39 is 16.8 Å². The molecular formula is C59H87N5O7. The van der Waals surface area contributed by atoms with Crippen LogP contribution in [0.2, 0.25) is 0 Å². The molecule has 71 heavy (non-hydrogen) atoms. The average Bonchev–Trinajstić information content (AvgIpc) is 3.23. The number of benzene rings is 2. The third-order valence-electron chi connectivity index (χ3n) is 17.6. The lowest BCUT2D eigenvalue weighted by Gasteiger charge is -2.60. The zero-order valence-corrected chi connectivity index (χ0v) is 44.5. The molecule has 3 amide bonds. The van der Waals surface area contributed by atoms with Gasteiger partial charge in [0.05, 0.1) is 0 Å². The maximum atomic E-state index is 12.4. The van der Waals surface area contributed by atoms with E-state index in [0.717, 1.165) is 95.6 Å². The van der Waals surface area contributed by atoms with Gasteiger partial charge in [-0.05, 0) is 211 Å². The number of hydrogen-bond acceptors (Lipinski definition) is 9. The van der Waals surface area contributed by atoms with E-state index in [1.807, 2.05) is 62.3 Å². The van der Waals surface area contributed by atoms with E-state index in [1.54, 1.807) is 0 Å². The Labute approximate surface area is 424 Å². The van der Waals surface area contributed by atoms with Gasteiger partial charge in [0.15, 0.2) is 0 Å². The van der Waals surface area contributed by atoms with E-state index in [0.29, 0.717) is 47.5 Å². The largest absolute Gasteiger partial charge is 0.444 e. The van der Waals surface area contributed by atoms with Crippen LogP contribution in [-0.4, -0.2) is 69.6 Å². The second-order valence-corrected chi connectivity index (χ2v) is 27.2. The number of carbonyl (C=O) groups is 4. The first-order valence-corrected chi connectivity index (χ1v) is 27.5. The SMILES string of the molecule is CC(C)(C)OC(=O)NC12CC3CC(C1)C(=O)C(C3)C2.CC(C)(C)OC(=O)NC12CC3CC(C1)C(NCc1ccccc1)C(C3)C2.CC(C)(C)OC(=O)NC12CC3CC(C1)C(NCc1ccccc1)C(C3)C2. The minimum Gasteiger partial charge on any atom is -0.444 e. The minimum absolute atomic E-state index is 0.0379. The second kappa shape index (κ2) is 19.9. The van der Waals surface area contributed by atoms with Gasteiger partial charge in [-0.25, -0.2) is 14.4 Å². The molecule has 0 saturated heterocycles.